The van der Waals surface area contributed by atoms with Crippen molar-refractivity contribution in [3.63, 3.8) is 0 Å². The highest BCUT2D eigenvalue weighted by molar-refractivity contribution is 7.15. The number of carbonyl (C=O) groups excluding carboxylic acids is 1. The zero-order valence-electron chi connectivity index (χ0n) is 12.7. The standard InChI is InChI=1S/C15H25N3OS/c1-4-8-16-14-17-10-12(20-14)11-18-9-7-15(2,3)6-5-13(18)19/h10H,4-9,11H2,1-3H3,(H,16,17). The lowest BCUT2D eigenvalue weighted by molar-refractivity contribution is -0.131. The molecule has 0 aliphatic carbocycles. The average molecular weight is 295 g/mol. The molecule has 0 bridgehead atoms. The van der Waals surface area contributed by atoms with E-state index in [1.54, 1.807) is 11.3 Å². The average Bonchev–Trinajstić information content (AvgIpc) is 2.81. The van der Waals surface area contributed by atoms with Crippen molar-refractivity contribution in [3.05, 3.63) is 11.1 Å². The van der Waals surface area contributed by atoms with Crippen molar-refractivity contribution >= 4 is 22.4 Å². The first kappa shape index (κ1) is 15.3. The Morgan fingerprint density at radius 2 is 2.25 bits per heavy atom. The second-order valence-electron chi connectivity index (χ2n) is 6.29. The fourth-order valence-corrected chi connectivity index (χ4v) is 3.19. The monoisotopic (exact) mass is 295 g/mol. The van der Waals surface area contributed by atoms with Crippen molar-refractivity contribution in [2.24, 2.45) is 5.41 Å². The number of hydrogen-bond donors (Lipinski definition) is 1. The van der Waals surface area contributed by atoms with E-state index in [1.165, 1.54) is 0 Å². The van der Waals surface area contributed by atoms with E-state index in [9.17, 15) is 4.79 Å². The molecule has 1 fully saturated rings. The summed E-state index contributed by atoms with van der Waals surface area (Å²) in [7, 11) is 0. The third-order valence-corrected chi connectivity index (χ3v) is 4.79. The number of amides is 1. The Bertz CT molecular complexity index is 456. The van der Waals surface area contributed by atoms with E-state index in [0.717, 1.165) is 42.4 Å². The number of thiazole rings is 1. The van der Waals surface area contributed by atoms with Crippen molar-refractivity contribution in [1.29, 1.82) is 0 Å². The van der Waals surface area contributed by atoms with Crippen molar-refractivity contribution < 1.29 is 4.79 Å². The highest BCUT2D eigenvalue weighted by Gasteiger charge is 2.27. The number of carbonyl (C=O) groups is 1. The minimum absolute atomic E-state index is 0.284. The summed E-state index contributed by atoms with van der Waals surface area (Å²) in [6.45, 7) is 9.16. The lowest BCUT2D eigenvalue weighted by Gasteiger charge is -2.22. The number of rotatable bonds is 5. The fourth-order valence-electron chi connectivity index (χ4n) is 2.34. The number of nitrogens with one attached hydrogen (secondary N) is 1. The van der Waals surface area contributed by atoms with Crippen LogP contribution in [0.15, 0.2) is 6.20 Å². The molecular weight excluding hydrogens is 270 g/mol. The molecule has 5 heteroatoms. The second kappa shape index (κ2) is 6.57. The molecule has 20 heavy (non-hydrogen) atoms. The summed E-state index contributed by atoms with van der Waals surface area (Å²) in [6.07, 6.45) is 5.74. The van der Waals surface area contributed by atoms with Gasteiger partial charge in [-0.05, 0) is 24.7 Å². The molecule has 1 aliphatic heterocycles. The summed E-state index contributed by atoms with van der Waals surface area (Å²) in [4.78, 5) is 19.7. The molecule has 1 aliphatic rings. The van der Waals surface area contributed by atoms with Gasteiger partial charge in [0.1, 0.15) is 0 Å². The maximum Gasteiger partial charge on any atom is 0.222 e. The highest BCUT2D eigenvalue weighted by atomic mass is 32.1. The van der Waals surface area contributed by atoms with E-state index in [-0.39, 0.29) is 11.3 Å². The predicted molar refractivity (Wildman–Crippen MR) is 83.9 cm³/mol. The summed E-state index contributed by atoms with van der Waals surface area (Å²) in [5, 5.41) is 4.26. The Labute approximate surface area is 125 Å². The third kappa shape index (κ3) is 4.20. The van der Waals surface area contributed by atoms with Crippen LogP contribution < -0.4 is 5.32 Å². The maximum absolute atomic E-state index is 12.2. The first-order valence-corrected chi connectivity index (χ1v) is 8.28. The van der Waals surface area contributed by atoms with Crippen LogP contribution in [-0.2, 0) is 11.3 Å². The molecule has 112 valence electrons. The molecule has 1 amide bonds. The van der Waals surface area contributed by atoms with E-state index in [0.29, 0.717) is 13.0 Å². The molecule has 2 rings (SSSR count). The lowest BCUT2D eigenvalue weighted by atomic mass is 9.85. The molecule has 4 nitrogen and oxygen atoms in total. The van der Waals surface area contributed by atoms with Gasteiger partial charge in [0.25, 0.3) is 0 Å². The number of likely N-dealkylation sites (tertiary alicyclic amines) is 1. The lowest BCUT2D eigenvalue weighted by Crippen LogP contribution is -2.29. The Morgan fingerprint density at radius 3 is 3.00 bits per heavy atom. The van der Waals surface area contributed by atoms with Gasteiger partial charge in [0.05, 0.1) is 6.54 Å². The summed E-state index contributed by atoms with van der Waals surface area (Å²) < 4.78 is 0. The van der Waals surface area contributed by atoms with Gasteiger partial charge in [-0.1, -0.05) is 20.8 Å². The molecule has 1 N–H and O–H groups in total. The van der Waals surface area contributed by atoms with Crippen LogP contribution in [0.3, 0.4) is 0 Å². The van der Waals surface area contributed by atoms with Crippen molar-refractivity contribution in [2.75, 3.05) is 18.4 Å². The first-order chi connectivity index (χ1) is 9.50. The van der Waals surface area contributed by atoms with Crippen molar-refractivity contribution in [2.45, 2.75) is 53.0 Å². The molecule has 0 unspecified atom stereocenters. The SMILES string of the molecule is CCCNc1ncc(CN2CCC(C)(C)CCC2=O)s1. The summed E-state index contributed by atoms with van der Waals surface area (Å²) in [5.41, 5.74) is 0.284. The van der Waals surface area contributed by atoms with Crippen molar-refractivity contribution in [1.82, 2.24) is 9.88 Å². The van der Waals surface area contributed by atoms with Gasteiger partial charge >= 0.3 is 0 Å². The Balaban J connectivity index is 1.94. The van der Waals surface area contributed by atoms with Crippen LogP contribution in [0, 0.1) is 5.41 Å². The van der Waals surface area contributed by atoms with E-state index in [4.69, 9.17) is 0 Å². The minimum atomic E-state index is 0.284. The molecule has 0 saturated carbocycles. The topological polar surface area (TPSA) is 45.2 Å². The van der Waals surface area contributed by atoms with Crippen LogP contribution in [0.1, 0.15) is 51.3 Å². The molecule has 2 heterocycles. The predicted octanol–water partition coefficient (Wildman–Crippen LogP) is 3.50. The normalized spacial score (nSPS) is 18.9. The van der Waals surface area contributed by atoms with Crippen LogP contribution in [0.4, 0.5) is 5.13 Å². The summed E-state index contributed by atoms with van der Waals surface area (Å²) in [6, 6.07) is 0. The number of aromatic nitrogens is 1. The largest absolute Gasteiger partial charge is 0.362 e. The van der Waals surface area contributed by atoms with E-state index in [2.05, 4.69) is 31.1 Å². The third-order valence-electron chi connectivity index (χ3n) is 3.85. The smallest absolute Gasteiger partial charge is 0.222 e. The van der Waals surface area contributed by atoms with Gasteiger partial charge in [0.2, 0.25) is 5.91 Å². The molecule has 1 saturated heterocycles. The number of nitrogens with zero attached hydrogens (tertiary/aromatic N) is 2. The molecular formula is C15H25N3OS. The molecule has 1 aromatic heterocycles. The zero-order chi connectivity index (χ0) is 14.6. The zero-order valence-corrected chi connectivity index (χ0v) is 13.6. The van der Waals surface area contributed by atoms with Gasteiger partial charge in [0.15, 0.2) is 5.13 Å². The van der Waals surface area contributed by atoms with Crippen LogP contribution in [0.25, 0.3) is 0 Å². The summed E-state index contributed by atoms with van der Waals surface area (Å²) in [5.74, 6) is 0.284. The van der Waals surface area contributed by atoms with E-state index >= 15 is 0 Å². The molecule has 0 radical (unpaired) electrons. The van der Waals surface area contributed by atoms with Gasteiger partial charge < -0.3 is 10.2 Å². The van der Waals surface area contributed by atoms with Crippen LogP contribution >= 0.6 is 11.3 Å². The van der Waals surface area contributed by atoms with Gasteiger partial charge in [-0.3, -0.25) is 4.79 Å². The van der Waals surface area contributed by atoms with E-state index in [1.807, 2.05) is 11.1 Å². The Hall–Kier alpha value is -1.10. The van der Waals surface area contributed by atoms with Crippen molar-refractivity contribution in [3.8, 4) is 0 Å². The summed E-state index contributed by atoms with van der Waals surface area (Å²) >= 11 is 1.66. The Kier molecular flexibility index (Phi) is 5.02. The van der Waals surface area contributed by atoms with Gasteiger partial charge in [-0.2, -0.15) is 0 Å². The Morgan fingerprint density at radius 1 is 1.45 bits per heavy atom. The molecule has 0 spiro atoms. The van der Waals surface area contributed by atoms with Gasteiger partial charge in [-0.25, -0.2) is 4.98 Å². The molecule has 1 aromatic rings. The van der Waals surface area contributed by atoms with E-state index < -0.39 is 0 Å². The molecule has 0 aromatic carbocycles. The van der Waals surface area contributed by atoms with Crippen LogP contribution in [-0.4, -0.2) is 28.9 Å². The molecule has 0 atom stereocenters. The first-order valence-electron chi connectivity index (χ1n) is 7.46. The highest BCUT2D eigenvalue weighted by Crippen LogP contribution is 2.31. The number of anilines is 1. The minimum Gasteiger partial charge on any atom is -0.362 e. The number of hydrogen-bond acceptors (Lipinski definition) is 4. The fraction of sp³-hybridized carbons (Fsp3) is 0.733. The maximum atomic E-state index is 12.2. The van der Waals surface area contributed by atoms with Gasteiger partial charge in [-0.15, -0.1) is 11.3 Å². The second-order valence-corrected chi connectivity index (χ2v) is 7.40. The quantitative estimate of drug-likeness (QED) is 0.904. The van der Waals surface area contributed by atoms with Gasteiger partial charge in [0, 0.05) is 30.6 Å². The van der Waals surface area contributed by atoms with Crippen LogP contribution in [0.5, 0.6) is 0 Å². The van der Waals surface area contributed by atoms with Crippen LogP contribution in [0.2, 0.25) is 0 Å².